The van der Waals surface area contributed by atoms with E-state index in [1.54, 1.807) is 0 Å². The maximum Gasteiger partial charge on any atom is 0.0303 e. The van der Waals surface area contributed by atoms with Crippen molar-refractivity contribution >= 4 is 0 Å². The second kappa shape index (κ2) is 5.86. The zero-order valence-corrected chi connectivity index (χ0v) is 11.0. The van der Waals surface area contributed by atoms with Gasteiger partial charge in [0.25, 0.3) is 0 Å². The van der Waals surface area contributed by atoms with Crippen LogP contribution in [0.2, 0.25) is 0 Å². The Morgan fingerprint density at radius 1 is 1.40 bits per heavy atom. The van der Waals surface area contributed by atoms with E-state index in [-0.39, 0.29) is 0 Å². The van der Waals surface area contributed by atoms with Crippen molar-refractivity contribution in [3.8, 4) is 0 Å². The van der Waals surface area contributed by atoms with Crippen molar-refractivity contribution in [3.63, 3.8) is 0 Å². The Hall–Kier alpha value is -0.0800. The molecule has 2 nitrogen and oxygen atoms in total. The van der Waals surface area contributed by atoms with Gasteiger partial charge in [-0.1, -0.05) is 20.8 Å². The molecule has 1 N–H and O–H groups in total. The minimum absolute atomic E-state index is 0.398. The topological polar surface area (TPSA) is 15.3 Å². The summed E-state index contributed by atoms with van der Waals surface area (Å²) in [7, 11) is 0. The fourth-order valence-corrected chi connectivity index (χ4v) is 2.37. The van der Waals surface area contributed by atoms with Crippen LogP contribution >= 0.6 is 0 Å². The highest BCUT2D eigenvalue weighted by Crippen LogP contribution is 2.21. The lowest BCUT2D eigenvalue weighted by molar-refractivity contribution is 0.0688. The molecule has 1 atom stereocenters. The molecule has 1 fully saturated rings. The summed E-state index contributed by atoms with van der Waals surface area (Å²) < 4.78 is 0. The van der Waals surface area contributed by atoms with Gasteiger partial charge >= 0.3 is 0 Å². The third-order valence-corrected chi connectivity index (χ3v) is 3.80. The smallest absolute Gasteiger partial charge is 0.0303 e. The van der Waals surface area contributed by atoms with Crippen LogP contribution in [0.15, 0.2) is 0 Å². The summed E-state index contributed by atoms with van der Waals surface area (Å²) in [6, 6.07) is 0. The summed E-state index contributed by atoms with van der Waals surface area (Å²) in [4.78, 5) is 2.69. The quantitative estimate of drug-likeness (QED) is 0.753. The fraction of sp³-hybridized carbons (Fsp3) is 1.00. The SMILES string of the molecule is CCC1(C)CNCCN1CCCC(C)C. The monoisotopic (exact) mass is 212 g/mol. The van der Waals surface area contributed by atoms with E-state index in [2.05, 4.69) is 37.9 Å². The van der Waals surface area contributed by atoms with Gasteiger partial charge in [-0.2, -0.15) is 0 Å². The zero-order chi connectivity index (χ0) is 11.3. The first-order valence-electron chi connectivity index (χ1n) is 6.54. The third kappa shape index (κ3) is 3.76. The summed E-state index contributed by atoms with van der Waals surface area (Å²) in [5, 5.41) is 3.51. The minimum Gasteiger partial charge on any atom is -0.314 e. The molecule has 0 aromatic rings. The number of rotatable bonds is 5. The van der Waals surface area contributed by atoms with E-state index in [0.717, 1.165) is 19.0 Å². The number of nitrogens with one attached hydrogen (secondary N) is 1. The van der Waals surface area contributed by atoms with Gasteiger partial charge in [0.05, 0.1) is 0 Å². The molecule has 1 unspecified atom stereocenters. The highest BCUT2D eigenvalue weighted by atomic mass is 15.2. The highest BCUT2D eigenvalue weighted by molar-refractivity contribution is 4.91. The number of piperazine rings is 1. The molecule has 0 saturated carbocycles. The molecule has 1 saturated heterocycles. The summed E-state index contributed by atoms with van der Waals surface area (Å²) >= 11 is 0. The molecule has 1 aliphatic heterocycles. The average molecular weight is 212 g/mol. The molecule has 90 valence electrons. The molecule has 1 rings (SSSR count). The van der Waals surface area contributed by atoms with Crippen LogP contribution in [0.25, 0.3) is 0 Å². The van der Waals surface area contributed by atoms with Crippen LogP contribution in [0.4, 0.5) is 0 Å². The number of hydrogen-bond donors (Lipinski definition) is 1. The highest BCUT2D eigenvalue weighted by Gasteiger charge is 2.31. The number of hydrogen-bond acceptors (Lipinski definition) is 2. The minimum atomic E-state index is 0.398. The summed E-state index contributed by atoms with van der Waals surface area (Å²) in [6.07, 6.45) is 3.97. The summed E-state index contributed by atoms with van der Waals surface area (Å²) in [6.45, 7) is 14.2. The number of nitrogens with zero attached hydrogens (tertiary/aromatic N) is 1. The van der Waals surface area contributed by atoms with Gasteiger partial charge in [-0.05, 0) is 38.6 Å². The van der Waals surface area contributed by atoms with Crippen LogP contribution in [0.5, 0.6) is 0 Å². The van der Waals surface area contributed by atoms with Crippen molar-refractivity contribution in [1.29, 1.82) is 0 Å². The van der Waals surface area contributed by atoms with Gasteiger partial charge < -0.3 is 5.32 Å². The van der Waals surface area contributed by atoms with E-state index < -0.39 is 0 Å². The standard InChI is InChI=1S/C13H28N2/c1-5-13(4)11-14-8-10-15(13)9-6-7-12(2)3/h12,14H,5-11H2,1-4H3. The van der Waals surface area contributed by atoms with Crippen molar-refractivity contribution in [2.45, 2.75) is 52.5 Å². The molecule has 0 amide bonds. The van der Waals surface area contributed by atoms with Gasteiger partial charge in [0.1, 0.15) is 0 Å². The lowest BCUT2D eigenvalue weighted by Crippen LogP contribution is -2.59. The molecule has 15 heavy (non-hydrogen) atoms. The third-order valence-electron chi connectivity index (χ3n) is 3.80. The van der Waals surface area contributed by atoms with E-state index in [1.165, 1.54) is 32.4 Å². The first-order valence-corrected chi connectivity index (χ1v) is 6.54. The molecular weight excluding hydrogens is 184 g/mol. The normalized spacial score (nSPS) is 28.6. The Morgan fingerprint density at radius 3 is 2.73 bits per heavy atom. The lowest BCUT2D eigenvalue weighted by Gasteiger charge is -2.45. The second-order valence-corrected chi connectivity index (χ2v) is 5.55. The summed E-state index contributed by atoms with van der Waals surface area (Å²) in [5.74, 6) is 0.848. The molecule has 0 aromatic carbocycles. The van der Waals surface area contributed by atoms with Gasteiger partial charge in [0.2, 0.25) is 0 Å². The van der Waals surface area contributed by atoms with Gasteiger partial charge in [-0.25, -0.2) is 0 Å². The molecule has 1 heterocycles. The van der Waals surface area contributed by atoms with E-state index >= 15 is 0 Å². The van der Waals surface area contributed by atoms with Crippen molar-refractivity contribution in [2.75, 3.05) is 26.2 Å². The van der Waals surface area contributed by atoms with Crippen LogP contribution in [-0.4, -0.2) is 36.6 Å². The average Bonchev–Trinajstić information content (AvgIpc) is 2.20. The van der Waals surface area contributed by atoms with Crippen LogP contribution in [0.1, 0.15) is 47.0 Å². The van der Waals surface area contributed by atoms with Gasteiger partial charge in [-0.3, -0.25) is 4.90 Å². The van der Waals surface area contributed by atoms with Gasteiger partial charge in [0.15, 0.2) is 0 Å². The Morgan fingerprint density at radius 2 is 2.13 bits per heavy atom. The lowest BCUT2D eigenvalue weighted by atomic mass is 9.93. The Bertz CT molecular complexity index is 179. The van der Waals surface area contributed by atoms with Crippen LogP contribution in [-0.2, 0) is 0 Å². The second-order valence-electron chi connectivity index (χ2n) is 5.55. The molecule has 1 aliphatic rings. The van der Waals surface area contributed by atoms with Crippen LogP contribution < -0.4 is 5.32 Å². The Kier molecular flexibility index (Phi) is 5.07. The maximum absolute atomic E-state index is 3.51. The maximum atomic E-state index is 3.51. The molecule has 0 spiro atoms. The predicted molar refractivity (Wildman–Crippen MR) is 67.2 cm³/mol. The Balaban J connectivity index is 2.36. The first kappa shape index (κ1) is 13.0. The zero-order valence-electron chi connectivity index (χ0n) is 11.0. The van der Waals surface area contributed by atoms with Crippen molar-refractivity contribution in [1.82, 2.24) is 10.2 Å². The fourth-order valence-electron chi connectivity index (χ4n) is 2.37. The largest absolute Gasteiger partial charge is 0.314 e. The van der Waals surface area contributed by atoms with Crippen molar-refractivity contribution in [2.24, 2.45) is 5.92 Å². The van der Waals surface area contributed by atoms with Crippen molar-refractivity contribution in [3.05, 3.63) is 0 Å². The van der Waals surface area contributed by atoms with Crippen LogP contribution in [0, 0.1) is 5.92 Å². The van der Waals surface area contributed by atoms with Crippen molar-refractivity contribution < 1.29 is 0 Å². The van der Waals surface area contributed by atoms with Gasteiger partial charge in [0, 0.05) is 25.2 Å². The Labute approximate surface area is 95.4 Å². The first-order chi connectivity index (χ1) is 7.08. The molecule has 2 heteroatoms. The molecule has 0 radical (unpaired) electrons. The van der Waals surface area contributed by atoms with E-state index in [0.29, 0.717) is 5.54 Å². The molecule has 0 bridgehead atoms. The summed E-state index contributed by atoms with van der Waals surface area (Å²) in [5.41, 5.74) is 0.398. The molecular formula is C13H28N2. The van der Waals surface area contributed by atoms with E-state index in [1.807, 2.05) is 0 Å². The van der Waals surface area contributed by atoms with Crippen LogP contribution in [0.3, 0.4) is 0 Å². The molecule has 0 aromatic heterocycles. The molecule has 0 aliphatic carbocycles. The van der Waals surface area contributed by atoms with Gasteiger partial charge in [-0.15, -0.1) is 0 Å². The predicted octanol–water partition coefficient (Wildman–Crippen LogP) is 2.50. The van der Waals surface area contributed by atoms with E-state index in [9.17, 15) is 0 Å². The van der Waals surface area contributed by atoms with E-state index in [4.69, 9.17) is 0 Å².